The molecule has 4 rings (SSSR count). The van der Waals surface area contributed by atoms with Crippen LogP contribution in [0.2, 0.25) is 5.02 Å². The van der Waals surface area contributed by atoms with Crippen LogP contribution in [0.3, 0.4) is 0 Å². The number of fused-ring (bicyclic) bond motifs is 1. The minimum Gasteiger partial charge on any atom is -0.365 e. The SMILES string of the molecule is Cn1nc(NCc2ccc(F)cc2)cc1Cc1c[nH]c2ncc(Cl)cc12. The van der Waals surface area contributed by atoms with Crippen LogP contribution in [-0.2, 0) is 20.0 Å². The fraction of sp³-hybridized carbons (Fsp3) is 0.158. The van der Waals surface area contributed by atoms with Crippen LogP contribution in [-0.4, -0.2) is 19.7 Å². The van der Waals surface area contributed by atoms with E-state index in [9.17, 15) is 4.39 Å². The molecule has 2 N–H and O–H groups in total. The molecule has 3 aromatic heterocycles. The Morgan fingerprint density at radius 3 is 2.85 bits per heavy atom. The van der Waals surface area contributed by atoms with Crippen LogP contribution in [0.15, 0.2) is 48.8 Å². The van der Waals surface area contributed by atoms with Gasteiger partial charge in [0.15, 0.2) is 0 Å². The van der Waals surface area contributed by atoms with Crippen molar-refractivity contribution < 1.29 is 4.39 Å². The molecule has 0 aliphatic carbocycles. The Labute approximate surface area is 154 Å². The lowest BCUT2D eigenvalue weighted by Gasteiger charge is -2.02. The number of anilines is 1. The molecule has 132 valence electrons. The molecule has 0 aliphatic heterocycles. The van der Waals surface area contributed by atoms with Crippen molar-refractivity contribution in [2.75, 3.05) is 5.32 Å². The molecule has 0 unspecified atom stereocenters. The summed E-state index contributed by atoms with van der Waals surface area (Å²) >= 11 is 6.07. The number of H-pyrrole nitrogens is 1. The van der Waals surface area contributed by atoms with Crippen LogP contribution in [0, 0.1) is 5.82 Å². The summed E-state index contributed by atoms with van der Waals surface area (Å²) in [6.45, 7) is 0.587. The van der Waals surface area contributed by atoms with Gasteiger partial charge in [0.2, 0.25) is 0 Å². The summed E-state index contributed by atoms with van der Waals surface area (Å²) < 4.78 is 14.8. The summed E-state index contributed by atoms with van der Waals surface area (Å²) in [6.07, 6.45) is 4.29. The fourth-order valence-corrected chi connectivity index (χ4v) is 3.08. The number of hydrogen-bond donors (Lipinski definition) is 2. The first-order valence-electron chi connectivity index (χ1n) is 8.21. The van der Waals surface area contributed by atoms with Crippen molar-refractivity contribution in [2.45, 2.75) is 13.0 Å². The number of benzene rings is 1. The van der Waals surface area contributed by atoms with Gasteiger partial charge in [-0.2, -0.15) is 5.10 Å². The van der Waals surface area contributed by atoms with Crippen LogP contribution < -0.4 is 5.32 Å². The van der Waals surface area contributed by atoms with Gasteiger partial charge in [0, 0.05) is 49.6 Å². The van der Waals surface area contributed by atoms with Gasteiger partial charge >= 0.3 is 0 Å². The van der Waals surface area contributed by atoms with Gasteiger partial charge in [-0.3, -0.25) is 4.68 Å². The van der Waals surface area contributed by atoms with Crippen molar-refractivity contribution in [3.8, 4) is 0 Å². The van der Waals surface area contributed by atoms with E-state index < -0.39 is 0 Å². The monoisotopic (exact) mass is 369 g/mol. The average Bonchev–Trinajstić information content (AvgIpc) is 3.18. The molecule has 0 saturated heterocycles. The largest absolute Gasteiger partial charge is 0.365 e. The van der Waals surface area contributed by atoms with E-state index in [1.165, 1.54) is 12.1 Å². The van der Waals surface area contributed by atoms with Crippen molar-refractivity contribution in [3.05, 3.63) is 76.5 Å². The first-order chi connectivity index (χ1) is 12.6. The topological polar surface area (TPSA) is 58.5 Å². The van der Waals surface area contributed by atoms with Crippen molar-refractivity contribution in [3.63, 3.8) is 0 Å². The molecule has 4 aromatic rings. The van der Waals surface area contributed by atoms with E-state index in [2.05, 4.69) is 20.4 Å². The van der Waals surface area contributed by atoms with Crippen LogP contribution in [0.1, 0.15) is 16.8 Å². The van der Waals surface area contributed by atoms with Gasteiger partial charge in [0.05, 0.1) is 5.02 Å². The number of aromatic amines is 1. The number of halogens is 2. The lowest BCUT2D eigenvalue weighted by molar-refractivity contribution is 0.627. The van der Waals surface area contributed by atoms with Gasteiger partial charge < -0.3 is 10.3 Å². The Balaban J connectivity index is 1.50. The Morgan fingerprint density at radius 1 is 1.23 bits per heavy atom. The molecule has 3 heterocycles. The molecule has 0 saturated carbocycles. The molecular weight excluding hydrogens is 353 g/mol. The highest BCUT2D eigenvalue weighted by molar-refractivity contribution is 6.31. The van der Waals surface area contributed by atoms with E-state index in [-0.39, 0.29) is 5.82 Å². The minimum absolute atomic E-state index is 0.234. The second-order valence-electron chi connectivity index (χ2n) is 6.16. The van der Waals surface area contributed by atoms with E-state index in [0.29, 0.717) is 18.0 Å². The Kier molecular flexibility index (Phi) is 4.34. The number of nitrogens with zero attached hydrogens (tertiary/aromatic N) is 3. The zero-order chi connectivity index (χ0) is 18.1. The van der Waals surface area contributed by atoms with E-state index in [1.807, 2.05) is 30.1 Å². The summed E-state index contributed by atoms with van der Waals surface area (Å²) in [7, 11) is 1.92. The predicted molar refractivity (Wildman–Crippen MR) is 101 cm³/mol. The molecule has 0 atom stereocenters. The molecule has 0 amide bonds. The van der Waals surface area contributed by atoms with Crippen LogP contribution >= 0.6 is 11.6 Å². The molecule has 0 bridgehead atoms. The van der Waals surface area contributed by atoms with Gasteiger partial charge in [-0.05, 0) is 29.3 Å². The lowest BCUT2D eigenvalue weighted by Crippen LogP contribution is -2.01. The van der Waals surface area contributed by atoms with Crippen molar-refractivity contribution >= 4 is 28.5 Å². The maximum absolute atomic E-state index is 13.0. The third kappa shape index (κ3) is 3.41. The number of nitrogens with one attached hydrogen (secondary N) is 2. The normalized spacial score (nSPS) is 11.2. The van der Waals surface area contributed by atoms with Crippen LogP contribution in [0.5, 0.6) is 0 Å². The number of aryl methyl sites for hydroxylation is 1. The summed E-state index contributed by atoms with van der Waals surface area (Å²) in [4.78, 5) is 7.46. The maximum atomic E-state index is 13.0. The second-order valence-corrected chi connectivity index (χ2v) is 6.60. The van der Waals surface area contributed by atoms with Crippen LogP contribution in [0.4, 0.5) is 10.2 Å². The number of rotatable bonds is 5. The van der Waals surface area contributed by atoms with Gasteiger partial charge in [0.25, 0.3) is 0 Å². The van der Waals surface area contributed by atoms with Gasteiger partial charge in [0.1, 0.15) is 17.3 Å². The van der Waals surface area contributed by atoms with Crippen molar-refractivity contribution in [2.24, 2.45) is 7.05 Å². The van der Waals surface area contributed by atoms with Gasteiger partial charge in [-0.1, -0.05) is 23.7 Å². The quantitative estimate of drug-likeness (QED) is 0.551. The highest BCUT2D eigenvalue weighted by Crippen LogP contribution is 2.23. The molecule has 26 heavy (non-hydrogen) atoms. The molecule has 0 fully saturated rings. The number of aromatic nitrogens is 4. The van der Waals surface area contributed by atoms with Crippen molar-refractivity contribution in [1.29, 1.82) is 0 Å². The Bertz CT molecular complexity index is 1050. The van der Waals surface area contributed by atoms with Gasteiger partial charge in [-0.25, -0.2) is 9.37 Å². The fourth-order valence-electron chi connectivity index (χ4n) is 2.93. The molecule has 0 spiro atoms. The first-order valence-corrected chi connectivity index (χ1v) is 8.59. The maximum Gasteiger partial charge on any atom is 0.148 e. The van der Waals surface area contributed by atoms with Gasteiger partial charge in [-0.15, -0.1) is 0 Å². The minimum atomic E-state index is -0.234. The molecular formula is C19H17ClFN5. The average molecular weight is 370 g/mol. The summed E-state index contributed by atoms with van der Waals surface area (Å²) in [5.74, 6) is 0.546. The molecule has 7 heteroatoms. The smallest absolute Gasteiger partial charge is 0.148 e. The zero-order valence-electron chi connectivity index (χ0n) is 14.1. The third-order valence-electron chi connectivity index (χ3n) is 4.32. The second kappa shape index (κ2) is 6.80. The van der Waals surface area contributed by atoms with E-state index in [1.54, 1.807) is 18.3 Å². The highest BCUT2D eigenvalue weighted by atomic mass is 35.5. The predicted octanol–water partition coefficient (Wildman–Crippen LogP) is 4.29. The summed E-state index contributed by atoms with van der Waals surface area (Å²) in [5, 5.41) is 9.40. The van der Waals surface area contributed by atoms with E-state index in [4.69, 9.17) is 11.6 Å². The lowest BCUT2D eigenvalue weighted by atomic mass is 10.1. The Hall–Kier alpha value is -2.86. The number of pyridine rings is 1. The van der Waals surface area contributed by atoms with E-state index in [0.717, 1.165) is 33.7 Å². The van der Waals surface area contributed by atoms with Crippen molar-refractivity contribution in [1.82, 2.24) is 19.7 Å². The van der Waals surface area contributed by atoms with Crippen LogP contribution in [0.25, 0.3) is 11.0 Å². The molecule has 5 nitrogen and oxygen atoms in total. The highest BCUT2D eigenvalue weighted by Gasteiger charge is 2.11. The molecule has 1 aromatic carbocycles. The van der Waals surface area contributed by atoms with E-state index >= 15 is 0 Å². The standard InChI is InChI=1S/C19H17ClFN5/c1-26-16(6-13-10-23-19-17(13)7-14(20)11-24-19)8-18(25-26)22-9-12-2-4-15(21)5-3-12/h2-5,7-8,10-11H,6,9H2,1H3,(H,22,25)(H,23,24). The Morgan fingerprint density at radius 2 is 2.04 bits per heavy atom. The molecule has 0 aliphatic rings. The summed E-state index contributed by atoms with van der Waals surface area (Å²) in [5.41, 5.74) is 3.99. The zero-order valence-corrected chi connectivity index (χ0v) is 14.9. The first kappa shape index (κ1) is 16.6. The summed E-state index contributed by atoms with van der Waals surface area (Å²) in [6, 6.07) is 10.4. The molecule has 0 radical (unpaired) electrons. The third-order valence-corrected chi connectivity index (χ3v) is 4.53. The number of hydrogen-bond acceptors (Lipinski definition) is 3.